The van der Waals surface area contributed by atoms with Crippen molar-refractivity contribution in [3.8, 4) is 0 Å². The fourth-order valence-electron chi connectivity index (χ4n) is 2.03. The van der Waals surface area contributed by atoms with Gasteiger partial charge in [0, 0.05) is 33.4 Å². The molecule has 0 aromatic carbocycles. The lowest BCUT2D eigenvalue weighted by Crippen LogP contribution is -2.31. The van der Waals surface area contributed by atoms with Crippen LogP contribution in [-0.2, 0) is 6.54 Å². The molecule has 1 aliphatic rings. The number of pyridine rings is 1. The molecule has 1 aliphatic heterocycles. The van der Waals surface area contributed by atoms with E-state index in [9.17, 15) is 10.1 Å². The number of hydrogen-bond donors (Lipinski definition) is 0. The van der Waals surface area contributed by atoms with Crippen LogP contribution in [0.2, 0.25) is 5.15 Å². The van der Waals surface area contributed by atoms with Crippen LogP contribution in [0.1, 0.15) is 5.56 Å². The highest BCUT2D eigenvalue weighted by molar-refractivity contribution is 6.29. The van der Waals surface area contributed by atoms with E-state index in [2.05, 4.69) is 9.98 Å². The monoisotopic (exact) mass is 309 g/mol. The number of nitrogens with zero attached hydrogens (tertiary/aromatic N) is 5. The van der Waals surface area contributed by atoms with E-state index in [1.54, 1.807) is 31.3 Å². The van der Waals surface area contributed by atoms with E-state index in [1.807, 2.05) is 11.0 Å². The molecule has 0 atom stereocenters. The summed E-state index contributed by atoms with van der Waals surface area (Å²) in [4.78, 5) is 22.6. The molecule has 0 N–H and O–H groups in total. The Labute approximate surface area is 127 Å². The summed E-state index contributed by atoms with van der Waals surface area (Å²) in [7, 11) is 3.49. The summed E-state index contributed by atoms with van der Waals surface area (Å²) in [5, 5.41) is 11.7. The highest BCUT2D eigenvalue weighted by Gasteiger charge is 2.29. The first-order valence-corrected chi connectivity index (χ1v) is 6.78. The summed E-state index contributed by atoms with van der Waals surface area (Å²) in [5.74, 6) is 0.406. The molecule has 8 heteroatoms. The van der Waals surface area contributed by atoms with Gasteiger partial charge < -0.3 is 9.80 Å². The first-order chi connectivity index (χ1) is 9.97. The highest BCUT2D eigenvalue weighted by Crippen LogP contribution is 2.16. The Bertz CT molecular complexity index is 583. The maximum Gasteiger partial charge on any atom is 0.326 e. The number of amidine groups is 1. The summed E-state index contributed by atoms with van der Waals surface area (Å²) >= 11 is 5.75. The number of hydrogen-bond acceptors (Lipinski definition) is 6. The fraction of sp³-hybridized carbons (Fsp3) is 0.385. The molecule has 2 rings (SSSR count). The van der Waals surface area contributed by atoms with Gasteiger partial charge in [-0.2, -0.15) is 0 Å². The Morgan fingerprint density at radius 1 is 1.57 bits per heavy atom. The first-order valence-electron chi connectivity index (χ1n) is 6.40. The van der Waals surface area contributed by atoms with Crippen LogP contribution in [0, 0.1) is 10.1 Å². The van der Waals surface area contributed by atoms with Gasteiger partial charge in [0.15, 0.2) is 0 Å². The average Bonchev–Trinajstić information content (AvgIpc) is 2.86. The van der Waals surface area contributed by atoms with Crippen LogP contribution >= 0.6 is 11.6 Å². The minimum atomic E-state index is -0.405. The van der Waals surface area contributed by atoms with E-state index in [0.717, 1.165) is 5.56 Å². The van der Waals surface area contributed by atoms with Crippen molar-refractivity contribution in [2.24, 2.45) is 4.99 Å². The van der Waals surface area contributed by atoms with E-state index >= 15 is 0 Å². The zero-order valence-corrected chi connectivity index (χ0v) is 12.6. The quantitative estimate of drug-likeness (QED) is 0.469. The van der Waals surface area contributed by atoms with Crippen LogP contribution in [0.5, 0.6) is 0 Å². The van der Waals surface area contributed by atoms with Crippen molar-refractivity contribution in [2.75, 3.05) is 27.2 Å². The minimum Gasteiger partial charge on any atom is -0.378 e. The number of aliphatic imine (C=N–C) groups is 1. The lowest BCUT2D eigenvalue weighted by molar-refractivity contribution is -0.416. The molecule has 112 valence electrons. The molecule has 0 aliphatic carbocycles. The number of nitro groups is 1. The van der Waals surface area contributed by atoms with Crippen molar-refractivity contribution >= 4 is 17.4 Å². The van der Waals surface area contributed by atoms with Crippen molar-refractivity contribution in [2.45, 2.75) is 6.54 Å². The molecule has 0 saturated heterocycles. The number of halogens is 1. The standard InChI is InChI=1S/C13H16ClN5O2/c1-17(2)9-11(19(20)21)13-15-5-6-18(13)8-10-3-4-12(14)16-7-10/h3-4,7,9H,5-6,8H2,1-2H3/b11-9+. The largest absolute Gasteiger partial charge is 0.378 e. The number of rotatable bonds is 5. The van der Waals surface area contributed by atoms with Gasteiger partial charge in [-0.3, -0.25) is 15.1 Å². The summed E-state index contributed by atoms with van der Waals surface area (Å²) in [6, 6.07) is 3.56. The Morgan fingerprint density at radius 3 is 2.90 bits per heavy atom. The van der Waals surface area contributed by atoms with E-state index in [-0.39, 0.29) is 5.70 Å². The molecule has 7 nitrogen and oxygen atoms in total. The zero-order chi connectivity index (χ0) is 15.4. The SMILES string of the molecule is CN(C)/C=C(\C1=NCCN1Cc1ccc(Cl)nc1)[N+](=O)[O-]. The summed E-state index contributed by atoms with van der Waals surface area (Å²) in [6.07, 6.45) is 3.14. The van der Waals surface area contributed by atoms with E-state index in [0.29, 0.717) is 30.6 Å². The van der Waals surface area contributed by atoms with Crippen molar-refractivity contribution in [3.63, 3.8) is 0 Å². The van der Waals surface area contributed by atoms with Gasteiger partial charge in [0.1, 0.15) is 5.15 Å². The fourth-order valence-corrected chi connectivity index (χ4v) is 2.14. The molecule has 1 aromatic rings. The molecule has 0 radical (unpaired) electrons. The van der Waals surface area contributed by atoms with E-state index in [1.165, 1.54) is 6.20 Å². The lowest BCUT2D eigenvalue weighted by Gasteiger charge is -2.19. The first kappa shape index (κ1) is 15.2. The number of aromatic nitrogens is 1. The van der Waals surface area contributed by atoms with Crippen LogP contribution in [0.4, 0.5) is 0 Å². The van der Waals surface area contributed by atoms with Crippen molar-refractivity contribution < 1.29 is 4.92 Å². The minimum absolute atomic E-state index is 0.000535. The zero-order valence-electron chi connectivity index (χ0n) is 11.9. The van der Waals surface area contributed by atoms with Crippen molar-refractivity contribution in [1.82, 2.24) is 14.8 Å². The Morgan fingerprint density at radius 2 is 2.33 bits per heavy atom. The molecule has 1 aromatic heterocycles. The Balaban J connectivity index is 2.19. The smallest absolute Gasteiger partial charge is 0.326 e. The van der Waals surface area contributed by atoms with Crippen LogP contribution in [0.25, 0.3) is 0 Å². The maximum absolute atomic E-state index is 11.2. The van der Waals surface area contributed by atoms with Gasteiger partial charge in [0.05, 0.1) is 17.7 Å². The predicted octanol–water partition coefficient (Wildman–Crippen LogP) is 1.63. The van der Waals surface area contributed by atoms with Crippen LogP contribution in [-0.4, -0.2) is 52.7 Å². The van der Waals surface area contributed by atoms with Crippen molar-refractivity contribution in [3.05, 3.63) is 51.1 Å². The van der Waals surface area contributed by atoms with Crippen LogP contribution in [0.3, 0.4) is 0 Å². The normalized spacial score (nSPS) is 15.1. The second-order valence-corrected chi connectivity index (χ2v) is 5.24. The second-order valence-electron chi connectivity index (χ2n) is 4.85. The molecule has 0 unspecified atom stereocenters. The summed E-state index contributed by atoms with van der Waals surface area (Å²) in [6.45, 7) is 1.72. The molecule has 0 saturated carbocycles. The third-order valence-corrected chi connectivity index (χ3v) is 3.12. The average molecular weight is 310 g/mol. The van der Waals surface area contributed by atoms with Gasteiger partial charge in [-0.25, -0.2) is 4.98 Å². The molecule has 0 bridgehead atoms. The van der Waals surface area contributed by atoms with Gasteiger partial charge in [-0.15, -0.1) is 0 Å². The molecule has 2 heterocycles. The molecule has 0 fully saturated rings. The van der Waals surface area contributed by atoms with Crippen LogP contribution in [0.15, 0.2) is 35.2 Å². The van der Waals surface area contributed by atoms with E-state index in [4.69, 9.17) is 11.6 Å². The van der Waals surface area contributed by atoms with Gasteiger partial charge in [-0.05, 0) is 11.6 Å². The molecule has 0 spiro atoms. The maximum atomic E-state index is 11.2. The third-order valence-electron chi connectivity index (χ3n) is 2.90. The molecule has 21 heavy (non-hydrogen) atoms. The molecule has 0 amide bonds. The Kier molecular flexibility index (Phi) is 4.74. The topological polar surface area (TPSA) is 74.9 Å². The third kappa shape index (κ3) is 3.91. The van der Waals surface area contributed by atoms with E-state index < -0.39 is 4.92 Å². The van der Waals surface area contributed by atoms with Gasteiger partial charge in [0.25, 0.3) is 0 Å². The predicted molar refractivity (Wildman–Crippen MR) is 80.7 cm³/mol. The summed E-state index contributed by atoms with van der Waals surface area (Å²) in [5.41, 5.74) is 0.931. The lowest BCUT2D eigenvalue weighted by atomic mass is 10.2. The van der Waals surface area contributed by atoms with Crippen LogP contribution < -0.4 is 0 Å². The highest BCUT2D eigenvalue weighted by atomic mass is 35.5. The second kappa shape index (κ2) is 6.53. The Hall–Kier alpha value is -2.15. The van der Waals surface area contributed by atoms with Gasteiger partial charge in [0.2, 0.25) is 5.84 Å². The van der Waals surface area contributed by atoms with Gasteiger partial charge >= 0.3 is 5.70 Å². The molecular formula is C13H16ClN5O2. The summed E-state index contributed by atoms with van der Waals surface area (Å²) < 4.78 is 0. The molecular weight excluding hydrogens is 294 g/mol. The van der Waals surface area contributed by atoms with Crippen molar-refractivity contribution in [1.29, 1.82) is 0 Å². The van der Waals surface area contributed by atoms with Gasteiger partial charge in [-0.1, -0.05) is 17.7 Å².